The number of para-hydroxylation sites is 2. The predicted molar refractivity (Wildman–Crippen MR) is 82.0 cm³/mol. The Bertz CT molecular complexity index is 1030. The summed E-state index contributed by atoms with van der Waals surface area (Å²) < 4.78 is 7.07. The maximum Gasteiger partial charge on any atom is 0.267 e. The highest BCUT2D eigenvalue weighted by Crippen LogP contribution is 2.20. The van der Waals surface area contributed by atoms with Gasteiger partial charge in [-0.2, -0.15) is 0 Å². The molecule has 2 aromatic carbocycles. The number of benzene rings is 2. The predicted octanol–water partition coefficient (Wildman–Crippen LogP) is 2.73. The quantitative estimate of drug-likeness (QED) is 0.613. The lowest BCUT2D eigenvalue weighted by Crippen LogP contribution is -2.14. The molecule has 0 amide bonds. The molecular weight excluding hydrogens is 266 g/mol. The molecule has 0 aliphatic carbocycles. The van der Waals surface area contributed by atoms with Crippen LogP contribution in [0.2, 0.25) is 0 Å². The lowest BCUT2D eigenvalue weighted by Gasteiger charge is -2.04. The van der Waals surface area contributed by atoms with Gasteiger partial charge in [-0.25, -0.2) is 9.38 Å². The second-order valence-electron chi connectivity index (χ2n) is 4.83. The third-order valence-electron chi connectivity index (χ3n) is 3.54. The van der Waals surface area contributed by atoms with Crippen molar-refractivity contribution >= 4 is 27.7 Å². The van der Waals surface area contributed by atoms with Crippen LogP contribution in [0.25, 0.3) is 27.7 Å². The van der Waals surface area contributed by atoms with E-state index in [-0.39, 0.29) is 5.56 Å². The Morgan fingerprint density at radius 1 is 1.24 bits per heavy atom. The van der Waals surface area contributed by atoms with E-state index in [1.54, 1.807) is 22.6 Å². The third kappa shape index (κ3) is 1.71. The zero-order valence-electron chi connectivity index (χ0n) is 11.5. The highest BCUT2D eigenvalue weighted by Gasteiger charge is 2.11. The molecule has 0 atom stereocenters. The summed E-state index contributed by atoms with van der Waals surface area (Å²) >= 11 is 0. The number of ether oxygens (including phenoxy) is 1. The first-order valence-corrected chi connectivity index (χ1v) is 6.84. The van der Waals surface area contributed by atoms with Crippen LogP contribution in [0.3, 0.4) is 0 Å². The molecule has 4 aromatic rings. The van der Waals surface area contributed by atoms with E-state index in [1.165, 1.54) is 0 Å². The van der Waals surface area contributed by atoms with Crippen molar-refractivity contribution in [2.75, 3.05) is 6.61 Å². The summed E-state index contributed by atoms with van der Waals surface area (Å²) in [7, 11) is 0. The van der Waals surface area contributed by atoms with Crippen LogP contribution in [0.5, 0.6) is 5.75 Å². The van der Waals surface area contributed by atoms with Gasteiger partial charge in [0.15, 0.2) is 0 Å². The summed E-state index contributed by atoms with van der Waals surface area (Å²) in [5.41, 5.74) is 2.29. The molecule has 0 spiro atoms. The molecule has 104 valence electrons. The topological polar surface area (TPSA) is 59.4 Å². The largest absolute Gasteiger partial charge is 0.494 e. The van der Waals surface area contributed by atoms with Crippen molar-refractivity contribution in [1.29, 1.82) is 0 Å². The molecule has 4 rings (SSSR count). The van der Waals surface area contributed by atoms with Crippen molar-refractivity contribution in [3.05, 3.63) is 52.8 Å². The molecule has 0 unspecified atom stereocenters. The fourth-order valence-electron chi connectivity index (χ4n) is 2.62. The summed E-state index contributed by atoms with van der Waals surface area (Å²) in [6, 6.07) is 13.0. The molecule has 0 aliphatic heterocycles. The number of imidazole rings is 1. The van der Waals surface area contributed by atoms with Gasteiger partial charge in [0.05, 0.1) is 28.5 Å². The molecule has 2 aromatic heterocycles. The first-order chi connectivity index (χ1) is 10.3. The number of aromatic nitrogens is 3. The third-order valence-corrected chi connectivity index (χ3v) is 3.54. The van der Waals surface area contributed by atoms with Gasteiger partial charge in [0, 0.05) is 6.07 Å². The van der Waals surface area contributed by atoms with Gasteiger partial charge in [0.2, 0.25) is 5.78 Å². The number of H-pyrrole nitrogens is 1. The Morgan fingerprint density at radius 2 is 2.10 bits per heavy atom. The summed E-state index contributed by atoms with van der Waals surface area (Å²) in [5.74, 6) is 1.26. The molecule has 2 heterocycles. The van der Waals surface area contributed by atoms with Crippen molar-refractivity contribution < 1.29 is 4.74 Å². The van der Waals surface area contributed by atoms with Crippen LogP contribution in [0.1, 0.15) is 6.92 Å². The van der Waals surface area contributed by atoms with Gasteiger partial charge in [0.1, 0.15) is 5.75 Å². The summed E-state index contributed by atoms with van der Waals surface area (Å²) in [5, 5.41) is 0.584. The molecule has 0 bridgehead atoms. The zero-order valence-corrected chi connectivity index (χ0v) is 11.5. The fraction of sp³-hybridized carbons (Fsp3) is 0.125. The van der Waals surface area contributed by atoms with E-state index in [4.69, 9.17) is 4.74 Å². The number of nitrogens with one attached hydrogen (secondary N) is 1. The van der Waals surface area contributed by atoms with Gasteiger partial charge in [-0.1, -0.05) is 12.1 Å². The lowest BCUT2D eigenvalue weighted by molar-refractivity contribution is 0.340. The minimum atomic E-state index is -0.0736. The number of hydrogen-bond donors (Lipinski definition) is 1. The van der Waals surface area contributed by atoms with Crippen molar-refractivity contribution in [3.63, 3.8) is 0 Å². The highest BCUT2D eigenvalue weighted by molar-refractivity contribution is 5.85. The van der Waals surface area contributed by atoms with E-state index in [0.717, 1.165) is 16.8 Å². The molecule has 21 heavy (non-hydrogen) atoms. The van der Waals surface area contributed by atoms with Gasteiger partial charge in [-0.05, 0) is 31.2 Å². The molecule has 0 saturated carbocycles. The van der Waals surface area contributed by atoms with E-state index < -0.39 is 0 Å². The number of aromatic amines is 1. The lowest BCUT2D eigenvalue weighted by atomic mass is 10.2. The first-order valence-electron chi connectivity index (χ1n) is 6.84. The second-order valence-corrected chi connectivity index (χ2v) is 4.83. The monoisotopic (exact) mass is 279 g/mol. The van der Waals surface area contributed by atoms with E-state index in [0.29, 0.717) is 23.3 Å². The second kappa shape index (κ2) is 4.34. The maximum absolute atomic E-state index is 12.7. The Hall–Kier alpha value is -2.82. The Kier molecular flexibility index (Phi) is 2.47. The van der Waals surface area contributed by atoms with Crippen molar-refractivity contribution in [3.8, 4) is 5.75 Å². The van der Waals surface area contributed by atoms with Crippen molar-refractivity contribution in [2.24, 2.45) is 0 Å². The number of fused-ring (bicyclic) bond motifs is 4. The van der Waals surface area contributed by atoms with Crippen molar-refractivity contribution in [2.45, 2.75) is 6.92 Å². The van der Waals surface area contributed by atoms with Crippen LogP contribution >= 0.6 is 0 Å². The minimum Gasteiger partial charge on any atom is -0.494 e. The molecule has 5 nitrogen and oxygen atoms in total. The maximum atomic E-state index is 12.7. The van der Waals surface area contributed by atoms with Crippen molar-refractivity contribution in [1.82, 2.24) is 14.4 Å². The molecular formula is C16H13N3O2. The fourth-order valence-corrected chi connectivity index (χ4v) is 2.62. The number of hydrogen-bond acceptors (Lipinski definition) is 3. The summed E-state index contributed by atoms with van der Waals surface area (Å²) in [4.78, 5) is 20.4. The van der Waals surface area contributed by atoms with Gasteiger partial charge < -0.3 is 9.72 Å². The Balaban J connectivity index is 2.14. The summed E-state index contributed by atoms with van der Waals surface area (Å²) in [6.07, 6.45) is 0. The van der Waals surface area contributed by atoms with Crippen LogP contribution in [-0.2, 0) is 0 Å². The molecule has 0 saturated heterocycles. The molecule has 0 aliphatic rings. The van der Waals surface area contributed by atoms with Crippen LogP contribution in [0.4, 0.5) is 0 Å². The smallest absolute Gasteiger partial charge is 0.267 e. The van der Waals surface area contributed by atoms with Gasteiger partial charge in [-0.3, -0.25) is 4.79 Å². The van der Waals surface area contributed by atoms with E-state index in [1.807, 2.05) is 31.2 Å². The van der Waals surface area contributed by atoms with Crippen LogP contribution in [0, 0.1) is 0 Å². The SMILES string of the molecule is CCOc1ccc2c(=O)n3c(nc2c1)[nH]c1ccccc13. The highest BCUT2D eigenvalue weighted by atomic mass is 16.5. The zero-order chi connectivity index (χ0) is 14.4. The molecule has 1 N–H and O–H groups in total. The Morgan fingerprint density at radius 3 is 2.95 bits per heavy atom. The summed E-state index contributed by atoms with van der Waals surface area (Å²) in [6.45, 7) is 2.51. The Labute approximate surface area is 119 Å². The van der Waals surface area contributed by atoms with Crippen LogP contribution in [-0.4, -0.2) is 21.0 Å². The first kappa shape index (κ1) is 12.0. The van der Waals surface area contributed by atoms with E-state index in [2.05, 4.69) is 9.97 Å². The molecule has 0 radical (unpaired) electrons. The molecule has 5 heteroatoms. The average molecular weight is 279 g/mol. The van der Waals surface area contributed by atoms with E-state index in [9.17, 15) is 4.79 Å². The standard InChI is InChI=1S/C16H13N3O2/c1-2-21-10-7-8-11-13(9-10)18-16-17-12-5-3-4-6-14(12)19(16)15(11)20/h3-9H,2H2,1H3,(H,17,18). The molecule has 0 fully saturated rings. The minimum absolute atomic E-state index is 0.0736. The van der Waals surface area contributed by atoms with Crippen LogP contribution in [0.15, 0.2) is 47.3 Å². The van der Waals surface area contributed by atoms with Gasteiger partial charge in [0.25, 0.3) is 5.56 Å². The normalized spacial score (nSPS) is 11.5. The number of nitrogens with zero attached hydrogens (tertiary/aromatic N) is 2. The van der Waals surface area contributed by atoms with Gasteiger partial charge in [-0.15, -0.1) is 0 Å². The van der Waals surface area contributed by atoms with Gasteiger partial charge >= 0.3 is 0 Å². The van der Waals surface area contributed by atoms with Crippen LogP contribution < -0.4 is 10.3 Å². The average Bonchev–Trinajstić information content (AvgIpc) is 2.86. The number of rotatable bonds is 2. The van der Waals surface area contributed by atoms with E-state index >= 15 is 0 Å².